The molecular weight excluding hydrogens is 418 g/mol. The Balaban J connectivity index is 1.57. The Kier molecular flexibility index (Phi) is 6.48. The number of thioether (sulfide) groups is 1. The Labute approximate surface area is 185 Å². The molecule has 2 aromatic heterocycles. The number of thiophene rings is 1. The standard InChI is InChI=1S/C21H29N5O2S2/c1-4-22-20(28)23-19(27)13(3)30-21-25-24-18(17-6-5-9-29-17)26(21)12(2)16-11-14-7-8-15(16)10-14/h5-6,9,12-16H,4,7-8,10-11H2,1-3H3,(H2,22,23,27,28). The second-order valence-corrected chi connectivity index (χ2v) is 10.6. The van der Waals surface area contributed by atoms with Crippen molar-refractivity contribution in [2.24, 2.45) is 17.8 Å². The molecule has 0 aliphatic heterocycles. The van der Waals surface area contributed by atoms with Gasteiger partial charge in [0.05, 0.1) is 10.1 Å². The van der Waals surface area contributed by atoms with Gasteiger partial charge in [-0.3, -0.25) is 14.7 Å². The summed E-state index contributed by atoms with van der Waals surface area (Å²) in [6.45, 7) is 6.36. The van der Waals surface area contributed by atoms with Gasteiger partial charge in [0.25, 0.3) is 0 Å². The number of imide groups is 1. The predicted octanol–water partition coefficient (Wildman–Crippen LogP) is 4.33. The molecule has 7 nitrogen and oxygen atoms in total. The molecule has 2 fully saturated rings. The number of fused-ring (bicyclic) bond motifs is 2. The van der Waals surface area contributed by atoms with Crippen molar-refractivity contribution >= 4 is 35.0 Å². The lowest BCUT2D eigenvalue weighted by molar-refractivity contribution is -0.119. The van der Waals surface area contributed by atoms with Crippen LogP contribution < -0.4 is 10.6 Å². The number of hydrogen-bond donors (Lipinski definition) is 2. The highest BCUT2D eigenvalue weighted by molar-refractivity contribution is 8.00. The highest BCUT2D eigenvalue weighted by Gasteiger charge is 2.43. The molecule has 5 unspecified atom stereocenters. The number of hydrogen-bond acceptors (Lipinski definition) is 6. The van der Waals surface area contributed by atoms with E-state index in [0.29, 0.717) is 12.5 Å². The van der Waals surface area contributed by atoms with Gasteiger partial charge >= 0.3 is 6.03 Å². The summed E-state index contributed by atoms with van der Waals surface area (Å²) in [4.78, 5) is 25.3. The van der Waals surface area contributed by atoms with Gasteiger partial charge in [0.2, 0.25) is 5.91 Å². The van der Waals surface area contributed by atoms with E-state index in [-0.39, 0.29) is 11.9 Å². The third kappa shape index (κ3) is 4.27. The first-order chi connectivity index (χ1) is 14.5. The lowest BCUT2D eigenvalue weighted by atomic mass is 9.84. The van der Waals surface area contributed by atoms with Gasteiger partial charge in [-0.15, -0.1) is 21.5 Å². The van der Waals surface area contributed by atoms with Gasteiger partial charge in [-0.25, -0.2) is 4.79 Å². The van der Waals surface area contributed by atoms with Gasteiger partial charge in [-0.1, -0.05) is 24.2 Å². The van der Waals surface area contributed by atoms with Crippen molar-refractivity contribution in [3.63, 3.8) is 0 Å². The van der Waals surface area contributed by atoms with E-state index in [0.717, 1.165) is 27.7 Å². The maximum absolute atomic E-state index is 12.5. The molecule has 162 valence electrons. The number of nitrogens with one attached hydrogen (secondary N) is 2. The van der Waals surface area contributed by atoms with E-state index in [4.69, 9.17) is 0 Å². The maximum atomic E-state index is 12.5. The maximum Gasteiger partial charge on any atom is 0.321 e. The minimum Gasteiger partial charge on any atom is -0.338 e. The van der Waals surface area contributed by atoms with Crippen LogP contribution in [0.4, 0.5) is 4.79 Å². The first kappa shape index (κ1) is 21.4. The largest absolute Gasteiger partial charge is 0.338 e. The quantitative estimate of drug-likeness (QED) is 0.617. The van der Waals surface area contributed by atoms with Gasteiger partial charge in [-0.05, 0) is 69.2 Å². The lowest BCUT2D eigenvalue weighted by Gasteiger charge is -2.30. The van der Waals surface area contributed by atoms with Crippen molar-refractivity contribution in [2.45, 2.75) is 62.9 Å². The summed E-state index contributed by atoms with van der Waals surface area (Å²) in [5.41, 5.74) is 0. The lowest BCUT2D eigenvalue weighted by Crippen LogP contribution is -2.42. The molecule has 5 atom stereocenters. The van der Waals surface area contributed by atoms with Crippen molar-refractivity contribution in [3.8, 4) is 10.7 Å². The molecule has 0 aromatic carbocycles. The second kappa shape index (κ2) is 9.09. The van der Waals surface area contributed by atoms with E-state index < -0.39 is 11.3 Å². The normalized spacial score (nSPS) is 24.6. The number of aromatic nitrogens is 3. The molecule has 4 rings (SSSR count). The molecule has 0 spiro atoms. The number of urea groups is 1. The number of amides is 3. The van der Waals surface area contributed by atoms with Crippen molar-refractivity contribution in [1.82, 2.24) is 25.4 Å². The number of nitrogens with zero attached hydrogens (tertiary/aromatic N) is 3. The average Bonchev–Trinajstić information content (AvgIpc) is 3.50. The monoisotopic (exact) mass is 447 g/mol. The molecule has 30 heavy (non-hydrogen) atoms. The number of rotatable bonds is 7. The van der Waals surface area contributed by atoms with Gasteiger partial charge in [0.1, 0.15) is 0 Å². The molecule has 3 amide bonds. The molecule has 0 radical (unpaired) electrons. The Bertz CT molecular complexity index is 897. The van der Waals surface area contributed by atoms with Crippen LogP contribution in [0.5, 0.6) is 0 Å². The van der Waals surface area contributed by atoms with Crippen LogP contribution in [0.1, 0.15) is 52.5 Å². The smallest absolute Gasteiger partial charge is 0.321 e. The SMILES string of the molecule is CCNC(=O)NC(=O)C(C)Sc1nnc(-c2cccs2)n1C(C)C1CC2CCC1C2. The Hall–Kier alpha value is -1.87. The summed E-state index contributed by atoms with van der Waals surface area (Å²) < 4.78 is 2.23. The molecule has 2 bridgehead atoms. The van der Waals surface area contributed by atoms with Crippen molar-refractivity contribution in [2.75, 3.05) is 6.54 Å². The summed E-state index contributed by atoms with van der Waals surface area (Å²) in [5, 5.41) is 16.3. The van der Waals surface area contributed by atoms with Crippen molar-refractivity contribution < 1.29 is 9.59 Å². The fourth-order valence-corrected chi connectivity index (χ4v) is 6.65. The average molecular weight is 448 g/mol. The zero-order chi connectivity index (χ0) is 21.3. The second-order valence-electron chi connectivity index (χ2n) is 8.34. The third-order valence-electron chi connectivity index (χ3n) is 6.45. The predicted molar refractivity (Wildman–Crippen MR) is 120 cm³/mol. The van der Waals surface area contributed by atoms with Crippen LogP contribution in [0.2, 0.25) is 0 Å². The van der Waals surface area contributed by atoms with Gasteiger partial charge in [0.15, 0.2) is 11.0 Å². The fraction of sp³-hybridized carbons (Fsp3) is 0.619. The van der Waals surface area contributed by atoms with E-state index in [2.05, 4.69) is 38.4 Å². The summed E-state index contributed by atoms with van der Waals surface area (Å²) in [6.07, 6.45) is 5.31. The Morgan fingerprint density at radius 3 is 2.77 bits per heavy atom. The first-order valence-electron chi connectivity index (χ1n) is 10.7. The molecule has 2 aliphatic carbocycles. The minimum atomic E-state index is -0.467. The zero-order valence-corrected chi connectivity index (χ0v) is 19.3. The van der Waals surface area contributed by atoms with Crippen LogP contribution in [-0.2, 0) is 4.79 Å². The number of carbonyl (C=O) groups excluding carboxylic acids is 2. The molecular formula is C21H29N5O2S2. The Morgan fingerprint density at radius 1 is 1.30 bits per heavy atom. The van der Waals surface area contributed by atoms with E-state index >= 15 is 0 Å². The van der Waals surface area contributed by atoms with Crippen LogP contribution >= 0.6 is 23.1 Å². The number of carbonyl (C=O) groups is 2. The van der Waals surface area contributed by atoms with Crippen LogP contribution in [0.3, 0.4) is 0 Å². The summed E-state index contributed by atoms with van der Waals surface area (Å²) in [5.74, 6) is 2.81. The van der Waals surface area contributed by atoms with Crippen LogP contribution in [-0.4, -0.2) is 38.5 Å². The molecule has 0 saturated heterocycles. The fourth-order valence-electron chi connectivity index (χ4n) is 5.00. The highest BCUT2D eigenvalue weighted by Crippen LogP contribution is 2.53. The van der Waals surface area contributed by atoms with Crippen LogP contribution in [0.25, 0.3) is 10.7 Å². The van der Waals surface area contributed by atoms with Crippen LogP contribution in [0, 0.1) is 17.8 Å². The molecule has 2 N–H and O–H groups in total. The molecule has 2 saturated carbocycles. The van der Waals surface area contributed by atoms with Gasteiger partial charge < -0.3 is 5.32 Å². The van der Waals surface area contributed by atoms with Crippen LogP contribution in [0.15, 0.2) is 22.7 Å². The van der Waals surface area contributed by atoms with Crippen molar-refractivity contribution in [3.05, 3.63) is 17.5 Å². The zero-order valence-electron chi connectivity index (χ0n) is 17.6. The highest BCUT2D eigenvalue weighted by atomic mass is 32.2. The topological polar surface area (TPSA) is 88.9 Å². The summed E-state index contributed by atoms with van der Waals surface area (Å²) in [7, 11) is 0. The Morgan fingerprint density at radius 2 is 2.13 bits per heavy atom. The third-order valence-corrected chi connectivity index (χ3v) is 8.37. The van der Waals surface area contributed by atoms with E-state index in [1.807, 2.05) is 18.4 Å². The first-order valence-corrected chi connectivity index (χ1v) is 12.5. The van der Waals surface area contributed by atoms with Gasteiger partial charge in [-0.2, -0.15) is 0 Å². The molecule has 2 aromatic rings. The summed E-state index contributed by atoms with van der Waals surface area (Å²) >= 11 is 3.02. The van der Waals surface area contributed by atoms with E-state index in [1.165, 1.54) is 37.4 Å². The van der Waals surface area contributed by atoms with Gasteiger partial charge in [0, 0.05) is 12.6 Å². The van der Waals surface area contributed by atoms with E-state index in [9.17, 15) is 9.59 Å². The molecule has 2 aliphatic rings. The minimum absolute atomic E-state index is 0.272. The van der Waals surface area contributed by atoms with E-state index in [1.54, 1.807) is 18.3 Å². The summed E-state index contributed by atoms with van der Waals surface area (Å²) in [6, 6.07) is 3.90. The van der Waals surface area contributed by atoms with Crippen molar-refractivity contribution in [1.29, 1.82) is 0 Å². The molecule has 9 heteroatoms. The molecule has 2 heterocycles.